The Morgan fingerprint density at radius 3 is 2.68 bits per heavy atom. The number of aromatic carboxylic acids is 1. The molecule has 22 heavy (non-hydrogen) atoms. The third kappa shape index (κ3) is 3.10. The van der Waals surface area contributed by atoms with Crippen LogP contribution in [-0.2, 0) is 16.0 Å². The van der Waals surface area contributed by atoms with Crippen LogP contribution in [0.25, 0.3) is 0 Å². The molecule has 1 saturated heterocycles. The van der Waals surface area contributed by atoms with E-state index >= 15 is 0 Å². The van der Waals surface area contributed by atoms with Gasteiger partial charge in [0.05, 0.1) is 18.0 Å². The first-order valence-electron chi connectivity index (χ1n) is 7.44. The molecule has 6 heteroatoms. The van der Waals surface area contributed by atoms with Gasteiger partial charge < -0.3 is 15.3 Å². The minimum atomic E-state index is -1.04. The average Bonchev–Trinajstić information content (AvgIpc) is 3.23. The number of rotatable bonds is 5. The zero-order valence-electron chi connectivity index (χ0n) is 12.1. The Morgan fingerprint density at radius 1 is 1.27 bits per heavy atom. The minimum absolute atomic E-state index is 0.0105. The van der Waals surface area contributed by atoms with Gasteiger partial charge in [-0.25, -0.2) is 4.79 Å². The van der Waals surface area contributed by atoms with Crippen molar-refractivity contribution in [3.63, 3.8) is 0 Å². The first kappa shape index (κ1) is 14.6. The summed E-state index contributed by atoms with van der Waals surface area (Å²) in [6.07, 6.45) is 2.45. The number of amides is 2. The standard InChI is InChI=1S/C16H18N2O4/c19-14(7-10-3-1-2-4-13(10)16(21)22)17-11-8-15(20)18(9-11)12-5-6-12/h1-4,11-12H,5-9H2,(H,17,19)(H,21,22). The van der Waals surface area contributed by atoms with Crippen molar-refractivity contribution >= 4 is 17.8 Å². The number of carbonyl (C=O) groups excluding carboxylic acids is 2. The van der Waals surface area contributed by atoms with Crippen LogP contribution in [0.1, 0.15) is 35.2 Å². The van der Waals surface area contributed by atoms with Gasteiger partial charge in [-0.1, -0.05) is 18.2 Å². The number of nitrogens with one attached hydrogen (secondary N) is 1. The molecule has 1 heterocycles. The molecule has 3 rings (SSSR count). The normalized spacial score (nSPS) is 21.0. The Bertz CT molecular complexity index is 624. The highest BCUT2D eigenvalue weighted by atomic mass is 16.4. The van der Waals surface area contributed by atoms with Crippen LogP contribution in [0.3, 0.4) is 0 Å². The predicted molar refractivity (Wildman–Crippen MR) is 78.4 cm³/mol. The smallest absolute Gasteiger partial charge is 0.335 e. The van der Waals surface area contributed by atoms with Gasteiger partial charge in [0.15, 0.2) is 0 Å². The van der Waals surface area contributed by atoms with Crippen LogP contribution in [0.15, 0.2) is 24.3 Å². The molecule has 1 aromatic carbocycles. The molecule has 2 N–H and O–H groups in total. The van der Waals surface area contributed by atoms with Gasteiger partial charge in [0.1, 0.15) is 0 Å². The second-order valence-electron chi connectivity index (χ2n) is 5.88. The molecule has 1 aromatic rings. The Balaban J connectivity index is 1.59. The molecule has 2 fully saturated rings. The van der Waals surface area contributed by atoms with Crippen LogP contribution in [0.2, 0.25) is 0 Å². The number of carboxylic acid groups (broad SMARTS) is 1. The summed E-state index contributed by atoms with van der Waals surface area (Å²) in [4.78, 5) is 36.9. The topological polar surface area (TPSA) is 86.7 Å². The summed E-state index contributed by atoms with van der Waals surface area (Å²) in [7, 11) is 0. The predicted octanol–water partition coefficient (Wildman–Crippen LogP) is 0.807. The van der Waals surface area contributed by atoms with E-state index < -0.39 is 5.97 Å². The zero-order chi connectivity index (χ0) is 15.7. The monoisotopic (exact) mass is 302 g/mol. The van der Waals surface area contributed by atoms with E-state index in [-0.39, 0.29) is 29.8 Å². The SMILES string of the molecule is O=C(Cc1ccccc1C(=O)O)NC1CC(=O)N(C2CC2)C1. The summed E-state index contributed by atoms with van der Waals surface area (Å²) in [5.41, 5.74) is 0.621. The van der Waals surface area contributed by atoms with Crippen molar-refractivity contribution in [2.24, 2.45) is 0 Å². The van der Waals surface area contributed by atoms with Gasteiger partial charge in [-0.15, -0.1) is 0 Å². The lowest BCUT2D eigenvalue weighted by molar-refractivity contribution is -0.128. The van der Waals surface area contributed by atoms with Crippen LogP contribution < -0.4 is 5.32 Å². The maximum atomic E-state index is 12.1. The molecule has 1 aliphatic heterocycles. The summed E-state index contributed by atoms with van der Waals surface area (Å²) < 4.78 is 0. The lowest BCUT2D eigenvalue weighted by Gasteiger charge is -2.16. The molecule has 116 valence electrons. The van der Waals surface area contributed by atoms with Crippen molar-refractivity contribution in [2.45, 2.75) is 37.8 Å². The third-order valence-corrected chi connectivity index (χ3v) is 4.11. The van der Waals surface area contributed by atoms with Crippen molar-refractivity contribution in [2.75, 3.05) is 6.54 Å². The minimum Gasteiger partial charge on any atom is -0.478 e. The lowest BCUT2D eigenvalue weighted by atomic mass is 10.0. The van der Waals surface area contributed by atoms with E-state index in [0.29, 0.717) is 24.6 Å². The van der Waals surface area contributed by atoms with E-state index in [2.05, 4.69) is 5.32 Å². The van der Waals surface area contributed by atoms with Crippen LogP contribution >= 0.6 is 0 Å². The molecule has 2 amide bonds. The quantitative estimate of drug-likeness (QED) is 0.842. The summed E-state index contributed by atoms with van der Waals surface area (Å²) in [6.45, 7) is 0.565. The number of hydrogen-bond acceptors (Lipinski definition) is 3. The van der Waals surface area contributed by atoms with E-state index in [1.165, 1.54) is 6.07 Å². The fourth-order valence-corrected chi connectivity index (χ4v) is 2.90. The molecule has 0 spiro atoms. The number of hydrogen-bond donors (Lipinski definition) is 2. The van der Waals surface area contributed by atoms with Crippen molar-refractivity contribution in [1.29, 1.82) is 0 Å². The first-order chi connectivity index (χ1) is 10.5. The summed E-state index contributed by atoms with van der Waals surface area (Å²) in [6, 6.07) is 6.66. The number of nitrogens with zero attached hydrogens (tertiary/aromatic N) is 1. The maximum Gasteiger partial charge on any atom is 0.335 e. The fraction of sp³-hybridized carbons (Fsp3) is 0.438. The van der Waals surface area contributed by atoms with E-state index in [1.807, 2.05) is 4.90 Å². The van der Waals surface area contributed by atoms with Crippen LogP contribution in [0.4, 0.5) is 0 Å². The maximum absolute atomic E-state index is 12.1. The Morgan fingerprint density at radius 2 is 2.00 bits per heavy atom. The van der Waals surface area contributed by atoms with Crippen molar-refractivity contribution in [3.8, 4) is 0 Å². The number of carboxylic acids is 1. The molecule has 0 radical (unpaired) electrons. The van der Waals surface area contributed by atoms with Gasteiger partial charge in [-0.2, -0.15) is 0 Å². The third-order valence-electron chi connectivity index (χ3n) is 4.11. The Kier molecular flexibility index (Phi) is 3.83. The van der Waals surface area contributed by atoms with E-state index in [1.54, 1.807) is 18.2 Å². The summed E-state index contributed by atoms with van der Waals surface area (Å²) >= 11 is 0. The number of benzene rings is 1. The molecule has 6 nitrogen and oxygen atoms in total. The van der Waals surface area contributed by atoms with Gasteiger partial charge in [-0.3, -0.25) is 9.59 Å². The largest absolute Gasteiger partial charge is 0.478 e. The molecule has 1 unspecified atom stereocenters. The Labute approximate surface area is 128 Å². The Hall–Kier alpha value is -2.37. The molecule has 1 atom stereocenters. The van der Waals surface area contributed by atoms with Crippen LogP contribution in [0.5, 0.6) is 0 Å². The van der Waals surface area contributed by atoms with E-state index in [0.717, 1.165) is 12.8 Å². The van der Waals surface area contributed by atoms with Crippen LogP contribution in [-0.4, -0.2) is 46.4 Å². The van der Waals surface area contributed by atoms with Crippen molar-refractivity contribution in [1.82, 2.24) is 10.2 Å². The lowest BCUT2D eigenvalue weighted by Crippen LogP contribution is -2.38. The first-order valence-corrected chi connectivity index (χ1v) is 7.44. The van der Waals surface area contributed by atoms with Crippen molar-refractivity contribution < 1.29 is 19.5 Å². The molecule has 2 aliphatic rings. The highest BCUT2D eigenvalue weighted by Gasteiger charge is 2.39. The molecular weight excluding hydrogens is 284 g/mol. The second kappa shape index (κ2) is 5.79. The zero-order valence-corrected chi connectivity index (χ0v) is 12.1. The number of carbonyl (C=O) groups is 3. The van der Waals surface area contributed by atoms with Gasteiger partial charge in [-0.05, 0) is 24.5 Å². The molecule has 0 aromatic heterocycles. The van der Waals surface area contributed by atoms with Crippen molar-refractivity contribution in [3.05, 3.63) is 35.4 Å². The van der Waals surface area contributed by atoms with Crippen LogP contribution in [0, 0.1) is 0 Å². The van der Waals surface area contributed by atoms with E-state index in [9.17, 15) is 14.4 Å². The number of likely N-dealkylation sites (tertiary alicyclic amines) is 1. The summed E-state index contributed by atoms with van der Waals surface area (Å²) in [5.74, 6) is -1.19. The van der Waals surface area contributed by atoms with Gasteiger partial charge in [0, 0.05) is 19.0 Å². The highest BCUT2D eigenvalue weighted by Crippen LogP contribution is 2.30. The highest BCUT2D eigenvalue weighted by molar-refractivity contribution is 5.92. The fourth-order valence-electron chi connectivity index (χ4n) is 2.90. The van der Waals surface area contributed by atoms with Gasteiger partial charge in [0.2, 0.25) is 11.8 Å². The second-order valence-corrected chi connectivity index (χ2v) is 5.88. The molecular formula is C16H18N2O4. The van der Waals surface area contributed by atoms with E-state index in [4.69, 9.17) is 5.11 Å². The molecule has 0 bridgehead atoms. The molecule has 1 saturated carbocycles. The van der Waals surface area contributed by atoms with Gasteiger partial charge >= 0.3 is 5.97 Å². The molecule has 1 aliphatic carbocycles. The average molecular weight is 302 g/mol. The van der Waals surface area contributed by atoms with Gasteiger partial charge in [0.25, 0.3) is 0 Å². The summed E-state index contributed by atoms with van der Waals surface area (Å²) in [5, 5.41) is 12.0.